The second-order valence-corrected chi connectivity index (χ2v) is 2.88. The Bertz CT molecular complexity index is 393. The first-order valence-electron chi connectivity index (χ1n) is 4.06. The average Bonchev–Trinajstić information content (AvgIpc) is 2.18. The SMILES string of the molecule is CC(O)C(=O)Oc1c(N)ccc(F)c1F. The fourth-order valence-electron chi connectivity index (χ4n) is 0.837. The summed E-state index contributed by atoms with van der Waals surface area (Å²) in [5.74, 6) is -4.35. The molecule has 1 rings (SSSR count). The second-order valence-electron chi connectivity index (χ2n) is 2.88. The molecule has 0 spiro atoms. The van der Waals surface area contributed by atoms with Crippen LogP contribution in [0.25, 0.3) is 0 Å². The van der Waals surface area contributed by atoms with Crippen LogP contribution in [0.15, 0.2) is 12.1 Å². The molecule has 0 fully saturated rings. The molecule has 0 aromatic heterocycles. The third kappa shape index (κ3) is 2.41. The van der Waals surface area contributed by atoms with E-state index in [-0.39, 0.29) is 5.69 Å². The van der Waals surface area contributed by atoms with E-state index in [2.05, 4.69) is 4.74 Å². The van der Waals surface area contributed by atoms with Gasteiger partial charge in [0.2, 0.25) is 5.82 Å². The van der Waals surface area contributed by atoms with E-state index < -0.39 is 29.5 Å². The van der Waals surface area contributed by atoms with E-state index >= 15 is 0 Å². The van der Waals surface area contributed by atoms with Gasteiger partial charge in [-0.05, 0) is 19.1 Å². The van der Waals surface area contributed by atoms with E-state index in [1.807, 2.05) is 0 Å². The second kappa shape index (κ2) is 4.22. The van der Waals surface area contributed by atoms with Gasteiger partial charge in [-0.15, -0.1) is 0 Å². The van der Waals surface area contributed by atoms with Gasteiger partial charge in [-0.3, -0.25) is 0 Å². The first-order valence-corrected chi connectivity index (χ1v) is 4.06. The van der Waals surface area contributed by atoms with Crippen LogP contribution in [0.4, 0.5) is 14.5 Å². The van der Waals surface area contributed by atoms with Crippen LogP contribution in [0.1, 0.15) is 6.92 Å². The van der Waals surface area contributed by atoms with Crippen LogP contribution in [-0.2, 0) is 4.79 Å². The maximum absolute atomic E-state index is 13.1. The zero-order valence-electron chi connectivity index (χ0n) is 7.83. The maximum atomic E-state index is 13.1. The summed E-state index contributed by atoms with van der Waals surface area (Å²) < 4.78 is 30.2. The summed E-state index contributed by atoms with van der Waals surface area (Å²) in [7, 11) is 0. The highest BCUT2D eigenvalue weighted by Crippen LogP contribution is 2.27. The van der Waals surface area contributed by atoms with Gasteiger partial charge in [-0.25, -0.2) is 9.18 Å². The number of hydrogen-bond donors (Lipinski definition) is 2. The number of halogens is 2. The van der Waals surface area contributed by atoms with Crippen LogP contribution in [-0.4, -0.2) is 17.2 Å². The van der Waals surface area contributed by atoms with Crippen LogP contribution in [0.5, 0.6) is 5.75 Å². The molecule has 0 amide bonds. The number of anilines is 1. The minimum absolute atomic E-state index is 0.220. The number of nitrogen functional groups attached to an aromatic ring is 1. The number of rotatable bonds is 2. The molecule has 0 aliphatic heterocycles. The molecule has 0 heterocycles. The molecule has 1 unspecified atom stereocenters. The molecule has 6 heteroatoms. The fraction of sp³-hybridized carbons (Fsp3) is 0.222. The minimum atomic E-state index is -1.44. The number of hydrogen-bond acceptors (Lipinski definition) is 4. The Labute approximate surface area is 84.3 Å². The van der Waals surface area contributed by atoms with Crippen LogP contribution < -0.4 is 10.5 Å². The Kier molecular flexibility index (Phi) is 3.21. The van der Waals surface area contributed by atoms with E-state index in [1.165, 1.54) is 0 Å². The summed E-state index contributed by atoms with van der Waals surface area (Å²) in [5.41, 5.74) is 5.05. The zero-order valence-corrected chi connectivity index (χ0v) is 7.83. The summed E-state index contributed by atoms with van der Waals surface area (Å²) in [5, 5.41) is 8.80. The largest absolute Gasteiger partial charge is 0.419 e. The van der Waals surface area contributed by atoms with E-state index in [1.54, 1.807) is 0 Å². The molecule has 0 bridgehead atoms. The lowest BCUT2D eigenvalue weighted by Crippen LogP contribution is -2.23. The molecule has 1 aromatic rings. The predicted octanol–water partition coefficient (Wildman–Crippen LogP) is 0.833. The lowest BCUT2D eigenvalue weighted by Gasteiger charge is -2.09. The molecule has 1 atom stereocenters. The molecule has 3 N–H and O–H groups in total. The topological polar surface area (TPSA) is 72.5 Å². The summed E-state index contributed by atoms with van der Waals surface area (Å²) in [4.78, 5) is 10.9. The Balaban J connectivity index is 3.04. The molecule has 0 saturated carbocycles. The predicted molar refractivity (Wildman–Crippen MR) is 48.1 cm³/mol. The highest BCUT2D eigenvalue weighted by Gasteiger charge is 2.19. The summed E-state index contributed by atoms with van der Waals surface area (Å²) >= 11 is 0. The number of aliphatic hydroxyl groups excluding tert-OH is 1. The molecular weight excluding hydrogens is 208 g/mol. The molecule has 0 aliphatic rings. The van der Waals surface area contributed by atoms with Crippen molar-refractivity contribution in [3.05, 3.63) is 23.8 Å². The summed E-state index contributed by atoms with van der Waals surface area (Å²) in [6.07, 6.45) is -1.44. The quantitative estimate of drug-likeness (QED) is 0.437. The Morgan fingerprint density at radius 3 is 2.67 bits per heavy atom. The third-order valence-electron chi connectivity index (χ3n) is 1.62. The Morgan fingerprint density at radius 1 is 1.53 bits per heavy atom. The Hall–Kier alpha value is -1.69. The normalized spacial score (nSPS) is 12.3. The van der Waals surface area contributed by atoms with Crippen LogP contribution in [0.2, 0.25) is 0 Å². The van der Waals surface area contributed by atoms with E-state index in [9.17, 15) is 13.6 Å². The highest BCUT2D eigenvalue weighted by molar-refractivity contribution is 5.78. The number of aliphatic hydroxyl groups is 1. The third-order valence-corrected chi connectivity index (χ3v) is 1.62. The first kappa shape index (κ1) is 11.4. The standard InChI is InChI=1S/C9H9F2NO3/c1-4(13)9(14)15-8-6(12)3-2-5(10)7(8)11/h2-4,13H,12H2,1H3. The molecule has 1 aromatic carbocycles. The molecule has 0 saturated heterocycles. The summed E-state index contributed by atoms with van der Waals surface area (Å²) in [6.45, 7) is 1.13. The smallest absolute Gasteiger partial charge is 0.340 e. The van der Waals surface area contributed by atoms with Crippen molar-refractivity contribution in [3.63, 3.8) is 0 Å². The van der Waals surface area contributed by atoms with Crippen molar-refractivity contribution in [1.29, 1.82) is 0 Å². The average molecular weight is 217 g/mol. The van der Waals surface area contributed by atoms with Gasteiger partial charge in [0, 0.05) is 0 Å². The van der Waals surface area contributed by atoms with Gasteiger partial charge in [0.15, 0.2) is 11.6 Å². The number of carbonyl (C=O) groups is 1. The van der Waals surface area contributed by atoms with E-state index in [0.717, 1.165) is 19.1 Å². The lowest BCUT2D eigenvalue weighted by atomic mass is 10.2. The van der Waals surface area contributed by atoms with Crippen LogP contribution >= 0.6 is 0 Å². The zero-order chi connectivity index (χ0) is 11.6. The molecule has 0 aliphatic carbocycles. The van der Waals surface area contributed by atoms with Gasteiger partial charge in [-0.2, -0.15) is 4.39 Å². The van der Waals surface area contributed by atoms with Crippen LogP contribution in [0.3, 0.4) is 0 Å². The van der Waals surface area contributed by atoms with Gasteiger partial charge in [0.25, 0.3) is 0 Å². The van der Waals surface area contributed by atoms with Crippen molar-refractivity contribution in [2.75, 3.05) is 5.73 Å². The van der Waals surface area contributed by atoms with Gasteiger partial charge < -0.3 is 15.6 Å². The van der Waals surface area contributed by atoms with E-state index in [0.29, 0.717) is 0 Å². The van der Waals surface area contributed by atoms with Crippen molar-refractivity contribution in [2.24, 2.45) is 0 Å². The van der Waals surface area contributed by atoms with Crippen molar-refractivity contribution in [2.45, 2.75) is 13.0 Å². The van der Waals surface area contributed by atoms with Crippen molar-refractivity contribution < 1.29 is 23.4 Å². The molecule has 15 heavy (non-hydrogen) atoms. The summed E-state index contributed by atoms with van der Waals surface area (Å²) in [6, 6.07) is 1.87. The maximum Gasteiger partial charge on any atom is 0.340 e. The molecule has 82 valence electrons. The molecule has 0 radical (unpaired) electrons. The van der Waals surface area contributed by atoms with Crippen molar-refractivity contribution >= 4 is 11.7 Å². The Morgan fingerprint density at radius 2 is 2.13 bits per heavy atom. The van der Waals surface area contributed by atoms with E-state index in [4.69, 9.17) is 10.8 Å². The fourth-order valence-corrected chi connectivity index (χ4v) is 0.837. The molecule has 4 nitrogen and oxygen atoms in total. The van der Waals surface area contributed by atoms with Gasteiger partial charge >= 0.3 is 5.97 Å². The number of carbonyl (C=O) groups excluding carboxylic acids is 1. The van der Waals surface area contributed by atoms with Gasteiger partial charge in [-0.1, -0.05) is 0 Å². The van der Waals surface area contributed by atoms with Gasteiger partial charge in [0.1, 0.15) is 6.10 Å². The molecular formula is C9H9F2NO3. The highest BCUT2D eigenvalue weighted by atomic mass is 19.2. The minimum Gasteiger partial charge on any atom is -0.419 e. The monoisotopic (exact) mass is 217 g/mol. The van der Waals surface area contributed by atoms with Gasteiger partial charge in [0.05, 0.1) is 5.69 Å². The van der Waals surface area contributed by atoms with Crippen molar-refractivity contribution in [1.82, 2.24) is 0 Å². The number of nitrogens with two attached hydrogens (primary N) is 1. The van der Waals surface area contributed by atoms with Crippen molar-refractivity contribution in [3.8, 4) is 5.75 Å². The van der Waals surface area contributed by atoms with Crippen LogP contribution in [0, 0.1) is 11.6 Å². The number of benzene rings is 1. The number of ether oxygens (including phenoxy) is 1. The first-order chi connectivity index (χ1) is 6.93. The number of esters is 1. The lowest BCUT2D eigenvalue weighted by molar-refractivity contribution is -0.142.